The van der Waals surface area contributed by atoms with Gasteiger partial charge in [0.1, 0.15) is 0 Å². The topological polar surface area (TPSA) is 57.5 Å². The quantitative estimate of drug-likeness (QED) is 0.652. The Labute approximate surface area is 74.3 Å². The highest BCUT2D eigenvalue weighted by atomic mass is 32.2. The van der Waals surface area contributed by atoms with Gasteiger partial charge in [-0.1, -0.05) is 18.2 Å². The van der Waals surface area contributed by atoms with E-state index < -0.39 is 11.1 Å². The molecule has 0 saturated heterocycles. The van der Waals surface area contributed by atoms with Crippen LogP contribution in [-0.4, -0.2) is 20.5 Å². The Balaban J connectivity index is 0.000000354. The molecule has 3 nitrogen and oxygen atoms in total. The Hall–Kier alpha value is -0.710. The van der Waals surface area contributed by atoms with Crippen molar-refractivity contribution in [3.05, 3.63) is 30.3 Å². The number of hydrogen-bond donors (Lipinski definition) is 2. The van der Waals surface area contributed by atoms with Gasteiger partial charge in [-0.25, -0.2) is 4.21 Å². The molecule has 0 fully saturated rings. The summed E-state index contributed by atoms with van der Waals surface area (Å²) in [6.07, 6.45) is 0. The van der Waals surface area contributed by atoms with Crippen LogP contribution in [0.25, 0.3) is 0 Å². The van der Waals surface area contributed by atoms with Gasteiger partial charge in [0, 0.05) is 6.61 Å². The predicted molar refractivity (Wildman–Crippen MR) is 48.2 cm³/mol. The summed E-state index contributed by atoms with van der Waals surface area (Å²) in [5, 5.41) is 7.57. The molecule has 0 amide bonds. The summed E-state index contributed by atoms with van der Waals surface area (Å²) in [7, 11) is 0. The van der Waals surface area contributed by atoms with Crippen LogP contribution in [-0.2, 0) is 11.1 Å². The van der Waals surface area contributed by atoms with Crippen LogP contribution < -0.4 is 0 Å². The molecule has 0 heterocycles. The monoisotopic (exact) mass is 188 g/mol. The standard InChI is InChI=1S/C6H6O2S.C2H6O/c7-9(8)6-4-2-1-3-5-6;1-2-3/h1-5H,(H,7,8);3H,2H2,1H3. The Morgan fingerprint density at radius 3 is 2.00 bits per heavy atom. The summed E-state index contributed by atoms with van der Waals surface area (Å²) in [5.41, 5.74) is 0. The summed E-state index contributed by atoms with van der Waals surface area (Å²) < 4.78 is 18.8. The first-order valence-electron chi connectivity index (χ1n) is 3.49. The molecule has 0 aliphatic heterocycles. The van der Waals surface area contributed by atoms with Gasteiger partial charge in [0.15, 0.2) is 11.1 Å². The SMILES string of the molecule is CCO.O=S(O)c1ccccc1. The first-order chi connectivity index (χ1) is 5.72. The zero-order chi connectivity index (χ0) is 9.40. The molecule has 68 valence electrons. The molecule has 0 spiro atoms. The molecule has 2 N–H and O–H groups in total. The van der Waals surface area contributed by atoms with Crippen molar-refractivity contribution in [2.24, 2.45) is 0 Å². The summed E-state index contributed by atoms with van der Waals surface area (Å²) in [4.78, 5) is 0.442. The fourth-order valence-electron chi connectivity index (χ4n) is 0.537. The van der Waals surface area contributed by atoms with Crippen molar-refractivity contribution < 1.29 is 13.9 Å². The minimum atomic E-state index is -1.83. The highest BCUT2D eigenvalue weighted by molar-refractivity contribution is 7.79. The maximum Gasteiger partial charge on any atom is 0.186 e. The zero-order valence-corrected chi connectivity index (χ0v) is 7.62. The van der Waals surface area contributed by atoms with E-state index in [1.165, 1.54) is 0 Å². The molecule has 0 bridgehead atoms. The molecular formula is C8H12O3S. The number of aliphatic hydroxyl groups excluding tert-OH is 1. The lowest BCUT2D eigenvalue weighted by atomic mass is 10.4. The third kappa shape index (κ3) is 5.01. The maximum absolute atomic E-state index is 10.3. The molecule has 1 atom stereocenters. The van der Waals surface area contributed by atoms with E-state index >= 15 is 0 Å². The van der Waals surface area contributed by atoms with Crippen LogP contribution in [0.2, 0.25) is 0 Å². The fourth-order valence-corrected chi connectivity index (χ4v) is 0.927. The predicted octanol–water partition coefficient (Wildman–Crippen LogP) is 1.27. The van der Waals surface area contributed by atoms with Gasteiger partial charge in [0.05, 0.1) is 4.90 Å². The lowest BCUT2D eigenvalue weighted by molar-refractivity contribution is 0.318. The first-order valence-corrected chi connectivity index (χ1v) is 4.59. The van der Waals surface area contributed by atoms with Crippen LogP contribution in [0, 0.1) is 0 Å². The van der Waals surface area contributed by atoms with Crippen molar-refractivity contribution in [3.63, 3.8) is 0 Å². The van der Waals surface area contributed by atoms with E-state index in [0.29, 0.717) is 4.90 Å². The third-order valence-corrected chi connectivity index (χ3v) is 1.62. The second-order valence-electron chi connectivity index (χ2n) is 1.88. The van der Waals surface area contributed by atoms with E-state index in [4.69, 9.17) is 9.66 Å². The third-order valence-electron chi connectivity index (χ3n) is 0.945. The molecule has 0 aromatic heterocycles. The van der Waals surface area contributed by atoms with E-state index in [9.17, 15) is 4.21 Å². The van der Waals surface area contributed by atoms with Gasteiger partial charge in [-0.2, -0.15) is 0 Å². The Morgan fingerprint density at radius 2 is 1.75 bits per heavy atom. The fraction of sp³-hybridized carbons (Fsp3) is 0.250. The molecule has 0 saturated carbocycles. The average Bonchev–Trinajstić information content (AvgIpc) is 2.07. The zero-order valence-electron chi connectivity index (χ0n) is 6.80. The number of rotatable bonds is 1. The van der Waals surface area contributed by atoms with Gasteiger partial charge in [-0.15, -0.1) is 0 Å². The van der Waals surface area contributed by atoms with Gasteiger partial charge in [0.25, 0.3) is 0 Å². The summed E-state index contributed by atoms with van der Waals surface area (Å²) in [5.74, 6) is 0. The molecule has 0 aliphatic rings. The molecule has 12 heavy (non-hydrogen) atoms. The molecule has 0 aliphatic carbocycles. The van der Waals surface area contributed by atoms with Crippen molar-refractivity contribution in [3.8, 4) is 0 Å². The van der Waals surface area contributed by atoms with Gasteiger partial charge in [0.2, 0.25) is 0 Å². The molecule has 1 rings (SSSR count). The van der Waals surface area contributed by atoms with Crippen LogP contribution in [0.3, 0.4) is 0 Å². The average molecular weight is 188 g/mol. The Kier molecular flexibility index (Phi) is 6.55. The van der Waals surface area contributed by atoms with Gasteiger partial charge >= 0.3 is 0 Å². The van der Waals surface area contributed by atoms with E-state index in [2.05, 4.69) is 0 Å². The van der Waals surface area contributed by atoms with Crippen molar-refractivity contribution in [2.75, 3.05) is 6.61 Å². The largest absolute Gasteiger partial charge is 0.397 e. The van der Waals surface area contributed by atoms with Crippen molar-refractivity contribution >= 4 is 11.1 Å². The second kappa shape index (κ2) is 6.97. The van der Waals surface area contributed by atoms with Crippen LogP contribution in [0.1, 0.15) is 6.92 Å². The molecule has 1 unspecified atom stereocenters. The van der Waals surface area contributed by atoms with Crippen LogP contribution in [0.5, 0.6) is 0 Å². The lowest BCUT2D eigenvalue weighted by Gasteiger charge is -1.89. The van der Waals surface area contributed by atoms with E-state index in [-0.39, 0.29) is 6.61 Å². The normalized spacial score (nSPS) is 11.2. The van der Waals surface area contributed by atoms with Gasteiger partial charge in [-0.05, 0) is 19.1 Å². The second-order valence-corrected chi connectivity index (χ2v) is 2.85. The molecule has 1 aromatic carbocycles. The summed E-state index contributed by atoms with van der Waals surface area (Å²) >= 11 is -1.83. The van der Waals surface area contributed by atoms with Crippen molar-refractivity contribution in [2.45, 2.75) is 11.8 Å². The van der Waals surface area contributed by atoms with Gasteiger partial charge in [-0.3, -0.25) is 0 Å². The Morgan fingerprint density at radius 1 is 1.33 bits per heavy atom. The van der Waals surface area contributed by atoms with Crippen molar-refractivity contribution in [1.82, 2.24) is 0 Å². The van der Waals surface area contributed by atoms with E-state index in [1.54, 1.807) is 37.3 Å². The lowest BCUT2D eigenvalue weighted by Crippen LogP contribution is -1.84. The van der Waals surface area contributed by atoms with Gasteiger partial charge < -0.3 is 9.66 Å². The Bertz CT molecular complexity index is 223. The number of benzene rings is 1. The summed E-state index contributed by atoms with van der Waals surface area (Å²) in [6, 6.07) is 8.47. The number of hydrogen-bond acceptors (Lipinski definition) is 2. The highest BCUT2D eigenvalue weighted by Gasteiger charge is 1.93. The minimum Gasteiger partial charge on any atom is -0.397 e. The maximum atomic E-state index is 10.3. The van der Waals surface area contributed by atoms with Crippen molar-refractivity contribution in [1.29, 1.82) is 0 Å². The van der Waals surface area contributed by atoms with Crippen LogP contribution >= 0.6 is 0 Å². The molecular weight excluding hydrogens is 176 g/mol. The van der Waals surface area contributed by atoms with E-state index in [1.807, 2.05) is 0 Å². The molecule has 0 radical (unpaired) electrons. The smallest absolute Gasteiger partial charge is 0.186 e. The summed E-state index contributed by atoms with van der Waals surface area (Å²) in [6.45, 7) is 1.93. The number of aliphatic hydroxyl groups is 1. The van der Waals surface area contributed by atoms with E-state index in [0.717, 1.165) is 0 Å². The molecule has 4 heteroatoms. The minimum absolute atomic E-state index is 0.250. The highest BCUT2D eigenvalue weighted by Crippen LogP contribution is 2.00. The first kappa shape index (κ1) is 11.3. The molecule has 1 aromatic rings. The van der Waals surface area contributed by atoms with Crippen LogP contribution in [0.15, 0.2) is 35.2 Å². The van der Waals surface area contributed by atoms with Crippen LogP contribution in [0.4, 0.5) is 0 Å².